The summed E-state index contributed by atoms with van der Waals surface area (Å²) in [5.74, 6) is 1.16. The van der Waals surface area contributed by atoms with Gasteiger partial charge in [-0.15, -0.1) is 0 Å². The smallest absolute Gasteiger partial charge is 0.269 e. The van der Waals surface area contributed by atoms with Crippen molar-refractivity contribution >= 4 is 28.9 Å². The first-order valence-corrected chi connectivity index (χ1v) is 8.08. The summed E-state index contributed by atoms with van der Waals surface area (Å²) in [5, 5.41) is 20.8. The number of hydrogen-bond acceptors (Lipinski definition) is 4. The molecule has 5 nitrogen and oxygen atoms in total. The van der Waals surface area contributed by atoms with Crippen LogP contribution in [0.5, 0.6) is 0 Å². The summed E-state index contributed by atoms with van der Waals surface area (Å²) >= 11 is 6.05. The lowest BCUT2D eigenvalue weighted by atomic mass is 10.1. The largest absolute Gasteiger partial charge is 0.457 e. The average Bonchev–Trinajstić information content (AvgIpc) is 3.10. The highest BCUT2D eigenvalue weighted by atomic mass is 35.5. The van der Waals surface area contributed by atoms with E-state index >= 15 is 0 Å². The third kappa shape index (κ3) is 3.66. The summed E-state index contributed by atoms with van der Waals surface area (Å²) in [6, 6.07) is 17.0. The van der Waals surface area contributed by atoms with Gasteiger partial charge < -0.3 is 4.42 Å². The van der Waals surface area contributed by atoms with E-state index in [1.54, 1.807) is 12.1 Å². The van der Waals surface area contributed by atoms with E-state index < -0.39 is 4.92 Å². The maximum atomic E-state index is 10.7. The Bertz CT molecular complexity index is 1040. The maximum absolute atomic E-state index is 10.7. The van der Waals surface area contributed by atoms with Crippen molar-refractivity contribution in [2.75, 3.05) is 0 Å². The fourth-order valence-corrected chi connectivity index (χ4v) is 2.69. The summed E-state index contributed by atoms with van der Waals surface area (Å²) in [6.07, 6.45) is 1.60. The molecule has 0 amide bonds. The second-order valence-corrected chi connectivity index (χ2v) is 6.07. The molecule has 0 unspecified atom stereocenters. The van der Waals surface area contributed by atoms with Gasteiger partial charge in [-0.2, -0.15) is 5.26 Å². The number of halogens is 1. The molecule has 3 aromatic rings. The molecule has 0 fully saturated rings. The van der Waals surface area contributed by atoms with Crippen molar-refractivity contribution in [1.29, 1.82) is 5.26 Å². The summed E-state index contributed by atoms with van der Waals surface area (Å²) in [7, 11) is 0. The molecule has 1 aromatic heterocycles. The molecule has 0 aliphatic rings. The van der Waals surface area contributed by atoms with E-state index in [-0.39, 0.29) is 5.69 Å². The first-order chi connectivity index (χ1) is 12.5. The van der Waals surface area contributed by atoms with Crippen molar-refractivity contribution in [3.8, 4) is 17.4 Å². The van der Waals surface area contributed by atoms with Crippen LogP contribution >= 0.6 is 11.6 Å². The van der Waals surface area contributed by atoms with E-state index in [9.17, 15) is 15.4 Å². The van der Waals surface area contributed by atoms with Crippen LogP contribution in [0.15, 0.2) is 59.0 Å². The van der Waals surface area contributed by atoms with Gasteiger partial charge in [0.2, 0.25) is 0 Å². The molecule has 26 heavy (non-hydrogen) atoms. The predicted octanol–water partition coefficient (Wildman–Crippen LogP) is 5.88. The topological polar surface area (TPSA) is 80.1 Å². The number of non-ortho nitro benzene ring substituents is 1. The Morgan fingerprint density at radius 1 is 1.19 bits per heavy atom. The molecular formula is C20H13ClN2O3. The van der Waals surface area contributed by atoms with Crippen LogP contribution in [0.2, 0.25) is 5.02 Å². The van der Waals surface area contributed by atoms with E-state index in [0.29, 0.717) is 27.7 Å². The molecule has 0 spiro atoms. The van der Waals surface area contributed by atoms with Gasteiger partial charge in [0.1, 0.15) is 11.5 Å². The Morgan fingerprint density at radius 2 is 1.92 bits per heavy atom. The second kappa shape index (κ2) is 7.26. The molecule has 0 radical (unpaired) electrons. The molecule has 1 heterocycles. The quantitative estimate of drug-likeness (QED) is 0.329. The number of nitrogens with zero attached hydrogens (tertiary/aromatic N) is 2. The Hall–Kier alpha value is -3.36. The molecule has 0 N–H and O–H groups in total. The van der Waals surface area contributed by atoms with E-state index in [2.05, 4.69) is 6.07 Å². The molecule has 0 aliphatic heterocycles. The van der Waals surface area contributed by atoms with Crippen molar-refractivity contribution < 1.29 is 9.34 Å². The van der Waals surface area contributed by atoms with Crippen LogP contribution < -0.4 is 0 Å². The van der Waals surface area contributed by atoms with Crippen molar-refractivity contribution in [2.24, 2.45) is 0 Å². The first-order valence-electron chi connectivity index (χ1n) is 7.71. The van der Waals surface area contributed by atoms with Gasteiger partial charge in [0.15, 0.2) is 0 Å². The van der Waals surface area contributed by atoms with E-state index in [0.717, 1.165) is 11.1 Å². The van der Waals surface area contributed by atoms with Gasteiger partial charge in [-0.25, -0.2) is 0 Å². The zero-order valence-corrected chi connectivity index (χ0v) is 14.5. The van der Waals surface area contributed by atoms with Crippen molar-refractivity contribution in [3.63, 3.8) is 0 Å². The molecule has 128 valence electrons. The minimum Gasteiger partial charge on any atom is -0.457 e. The van der Waals surface area contributed by atoms with Gasteiger partial charge in [0.25, 0.3) is 5.69 Å². The van der Waals surface area contributed by atoms with Gasteiger partial charge in [-0.05, 0) is 60.5 Å². The Morgan fingerprint density at radius 3 is 2.58 bits per heavy atom. The van der Waals surface area contributed by atoms with Crippen LogP contribution in [0.1, 0.15) is 16.9 Å². The highest BCUT2D eigenvalue weighted by Gasteiger charge is 2.10. The van der Waals surface area contributed by atoms with Gasteiger partial charge in [0, 0.05) is 22.7 Å². The molecule has 0 saturated heterocycles. The van der Waals surface area contributed by atoms with Crippen molar-refractivity contribution in [2.45, 2.75) is 6.92 Å². The number of benzene rings is 2. The summed E-state index contributed by atoms with van der Waals surface area (Å²) in [5.41, 5.74) is 2.81. The third-order valence-electron chi connectivity index (χ3n) is 3.89. The second-order valence-electron chi connectivity index (χ2n) is 5.64. The molecule has 6 heteroatoms. The fraction of sp³-hybridized carbons (Fsp3) is 0.0500. The fourth-order valence-electron chi connectivity index (χ4n) is 2.52. The highest BCUT2D eigenvalue weighted by Crippen LogP contribution is 2.30. The highest BCUT2D eigenvalue weighted by molar-refractivity contribution is 6.30. The lowest BCUT2D eigenvalue weighted by Gasteiger charge is -2.03. The zero-order chi connectivity index (χ0) is 18.7. The molecule has 3 rings (SSSR count). The maximum Gasteiger partial charge on any atom is 0.269 e. The minimum atomic E-state index is -0.480. The first kappa shape index (κ1) is 17.5. The van der Waals surface area contributed by atoms with Gasteiger partial charge >= 0.3 is 0 Å². The number of furan rings is 1. The number of allylic oxidation sites excluding steroid dienone is 1. The molecule has 0 atom stereocenters. The summed E-state index contributed by atoms with van der Waals surface area (Å²) < 4.78 is 5.83. The van der Waals surface area contributed by atoms with Crippen LogP contribution in [-0.2, 0) is 0 Å². The summed E-state index contributed by atoms with van der Waals surface area (Å²) in [6.45, 7) is 1.96. The Labute approximate surface area is 154 Å². The molecule has 0 saturated carbocycles. The monoisotopic (exact) mass is 364 g/mol. The lowest BCUT2D eigenvalue weighted by molar-refractivity contribution is -0.384. The predicted molar refractivity (Wildman–Crippen MR) is 100 cm³/mol. The normalized spacial score (nSPS) is 11.2. The van der Waals surface area contributed by atoms with Gasteiger partial charge in [0.05, 0.1) is 16.6 Å². The number of nitro groups is 1. The van der Waals surface area contributed by atoms with Crippen LogP contribution in [0, 0.1) is 28.4 Å². The van der Waals surface area contributed by atoms with E-state index in [4.69, 9.17) is 16.0 Å². The third-order valence-corrected chi connectivity index (χ3v) is 4.12. The van der Waals surface area contributed by atoms with Crippen LogP contribution in [0.25, 0.3) is 23.0 Å². The van der Waals surface area contributed by atoms with E-state index in [1.165, 1.54) is 24.3 Å². The molecule has 0 aliphatic carbocycles. The Kier molecular flexibility index (Phi) is 4.87. The van der Waals surface area contributed by atoms with Gasteiger partial charge in [-0.3, -0.25) is 10.1 Å². The SMILES string of the molecule is Cc1ccc(Cl)cc1-c1ccc(/C=C(/C#N)c2ccc([N+](=O)[O-])cc2)o1. The van der Waals surface area contributed by atoms with Crippen LogP contribution in [-0.4, -0.2) is 4.92 Å². The average molecular weight is 365 g/mol. The van der Waals surface area contributed by atoms with E-state index in [1.807, 2.05) is 31.2 Å². The van der Waals surface area contributed by atoms with Crippen molar-refractivity contribution in [1.82, 2.24) is 0 Å². The van der Waals surface area contributed by atoms with Crippen molar-refractivity contribution in [3.05, 3.63) is 86.6 Å². The Balaban J connectivity index is 1.94. The van der Waals surface area contributed by atoms with Crippen LogP contribution in [0.3, 0.4) is 0 Å². The number of aryl methyl sites for hydroxylation is 1. The molecule has 0 bridgehead atoms. The number of nitro benzene ring substituents is 1. The zero-order valence-electron chi connectivity index (χ0n) is 13.8. The molecular weight excluding hydrogens is 352 g/mol. The summed E-state index contributed by atoms with van der Waals surface area (Å²) in [4.78, 5) is 10.3. The number of nitriles is 1. The molecule has 2 aromatic carbocycles. The standard InChI is InChI=1S/C20H13ClN2O3/c1-13-2-5-16(21)11-19(13)20-9-8-18(26-20)10-15(12-22)14-3-6-17(7-4-14)23(24)25/h2-11H,1H3/b15-10-. The number of rotatable bonds is 4. The van der Waals surface area contributed by atoms with Gasteiger partial charge in [-0.1, -0.05) is 17.7 Å². The lowest BCUT2D eigenvalue weighted by Crippen LogP contribution is -1.88. The minimum absolute atomic E-state index is 0.0252. The van der Waals surface area contributed by atoms with Crippen LogP contribution in [0.4, 0.5) is 5.69 Å². The number of hydrogen-bond donors (Lipinski definition) is 0.